The van der Waals surface area contributed by atoms with Crippen LogP contribution in [0.4, 0.5) is 4.79 Å². The van der Waals surface area contributed by atoms with Gasteiger partial charge >= 0.3 is 6.03 Å². The summed E-state index contributed by atoms with van der Waals surface area (Å²) in [4.78, 5) is 20.8. The predicted molar refractivity (Wildman–Crippen MR) is 84.6 cm³/mol. The number of aryl methyl sites for hydroxylation is 1. The maximum absolute atomic E-state index is 12.1. The van der Waals surface area contributed by atoms with E-state index >= 15 is 0 Å². The third-order valence-corrected chi connectivity index (χ3v) is 4.53. The third kappa shape index (κ3) is 3.86. The average molecular weight is 320 g/mol. The fourth-order valence-corrected chi connectivity index (χ4v) is 3.11. The zero-order valence-electron chi connectivity index (χ0n) is 12.6. The Hall–Kier alpha value is -1.86. The lowest BCUT2D eigenvalue weighted by molar-refractivity contribution is 0.134. The summed E-state index contributed by atoms with van der Waals surface area (Å²) in [7, 11) is 0. The van der Waals surface area contributed by atoms with Gasteiger partial charge in [-0.15, -0.1) is 11.3 Å². The lowest BCUT2D eigenvalue weighted by Crippen LogP contribution is -2.51. The highest BCUT2D eigenvalue weighted by molar-refractivity contribution is 7.09. The fraction of sp³-hybridized carbons (Fsp3) is 0.467. The summed E-state index contributed by atoms with van der Waals surface area (Å²) in [6, 6.07) is 3.65. The molecule has 1 N–H and O–H groups in total. The topological polar surface area (TPSA) is 61.6 Å². The largest absolute Gasteiger partial charge is 0.467 e. The third-order valence-electron chi connectivity index (χ3n) is 3.71. The molecule has 1 saturated heterocycles. The Labute approximate surface area is 133 Å². The quantitative estimate of drug-likeness (QED) is 0.937. The van der Waals surface area contributed by atoms with Crippen LogP contribution in [0, 0.1) is 6.92 Å². The monoisotopic (exact) mass is 320 g/mol. The first-order valence-corrected chi connectivity index (χ1v) is 8.27. The zero-order valence-corrected chi connectivity index (χ0v) is 13.4. The van der Waals surface area contributed by atoms with Gasteiger partial charge in [0.15, 0.2) is 0 Å². The molecule has 0 aliphatic carbocycles. The minimum Gasteiger partial charge on any atom is -0.467 e. The Bertz CT molecular complexity index is 603. The minimum atomic E-state index is -0.0273. The standard InChI is InChI=1S/C15H20N4O2S/c1-12-17-13(11-22-12)10-18-4-6-19(7-5-18)15(20)16-9-14-3-2-8-21-14/h2-3,8,11H,4-7,9-10H2,1H3,(H,16,20). The van der Waals surface area contributed by atoms with Gasteiger partial charge in [-0.05, 0) is 19.1 Å². The van der Waals surface area contributed by atoms with Crippen molar-refractivity contribution in [3.8, 4) is 0 Å². The minimum absolute atomic E-state index is 0.0273. The van der Waals surface area contributed by atoms with Crippen LogP contribution in [0.2, 0.25) is 0 Å². The highest BCUT2D eigenvalue weighted by Crippen LogP contribution is 2.12. The second-order valence-corrected chi connectivity index (χ2v) is 6.42. The summed E-state index contributed by atoms with van der Waals surface area (Å²) >= 11 is 1.68. The van der Waals surface area contributed by atoms with Crippen molar-refractivity contribution in [2.75, 3.05) is 26.2 Å². The predicted octanol–water partition coefficient (Wildman–Crippen LogP) is 2.07. The van der Waals surface area contributed by atoms with E-state index in [0.717, 1.165) is 49.2 Å². The Morgan fingerprint density at radius 1 is 1.41 bits per heavy atom. The summed E-state index contributed by atoms with van der Waals surface area (Å²) in [5.41, 5.74) is 1.12. The number of carbonyl (C=O) groups is 1. The van der Waals surface area contributed by atoms with Gasteiger partial charge in [0.2, 0.25) is 0 Å². The van der Waals surface area contributed by atoms with Crippen molar-refractivity contribution in [2.45, 2.75) is 20.0 Å². The van der Waals surface area contributed by atoms with Crippen LogP contribution >= 0.6 is 11.3 Å². The van der Waals surface area contributed by atoms with Crippen LogP contribution in [0.5, 0.6) is 0 Å². The number of furan rings is 1. The van der Waals surface area contributed by atoms with Crippen molar-refractivity contribution in [3.63, 3.8) is 0 Å². The molecule has 2 aromatic heterocycles. The lowest BCUT2D eigenvalue weighted by Gasteiger charge is -2.34. The van der Waals surface area contributed by atoms with E-state index in [2.05, 4.69) is 20.6 Å². The first-order valence-electron chi connectivity index (χ1n) is 7.39. The van der Waals surface area contributed by atoms with E-state index in [4.69, 9.17) is 4.42 Å². The van der Waals surface area contributed by atoms with Gasteiger partial charge in [0, 0.05) is 38.1 Å². The lowest BCUT2D eigenvalue weighted by atomic mass is 10.3. The van der Waals surface area contributed by atoms with Gasteiger partial charge in [0.1, 0.15) is 5.76 Å². The van der Waals surface area contributed by atoms with E-state index in [1.54, 1.807) is 17.6 Å². The van der Waals surface area contributed by atoms with Crippen molar-refractivity contribution < 1.29 is 9.21 Å². The van der Waals surface area contributed by atoms with E-state index in [0.29, 0.717) is 6.54 Å². The number of hydrogen-bond donors (Lipinski definition) is 1. The molecule has 2 amide bonds. The summed E-state index contributed by atoms with van der Waals surface area (Å²) in [5.74, 6) is 0.769. The van der Waals surface area contributed by atoms with Gasteiger partial charge in [0.05, 0.1) is 23.5 Å². The first-order chi connectivity index (χ1) is 10.7. The van der Waals surface area contributed by atoms with Crippen LogP contribution in [-0.4, -0.2) is 47.0 Å². The molecule has 3 rings (SSSR count). The Balaban J connectivity index is 1.42. The molecule has 1 fully saturated rings. The summed E-state index contributed by atoms with van der Waals surface area (Å²) in [6.07, 6.45) is 1.61. The van der Waals surface area contributed by atoms with Gasteiger partial charge < -0.3 is 14.6 Å². The molecule has 7 heteroatoms. The number of aromatic nitrogens is 1. The molecule has 6 nitrogen and oxygen atoms in total. The number of hydrogen-bond acceptors (Lipinski definition) is 5. The van der Waals surface area contributed by atoms with Crippen LogP contribution in [0.25, 0.3) is 0 Å². The summed E-state index contributed by atoms with van der Waals surface area (Å²) in [6.45, 7) is 6.57. The van der Waals surface area contributed by atoms with Crippen LogP contribution < -0.4 is 5.32 Å². The smallest absolute Gasteiger partial charge is 0.317 e. The van der Waals surface area contributed by atoms with Crippen molar-refractivity contribution >= 4 is 17.4 Å². The van der Waals surface area contributed by atoms with Gasteiger partial charge in [-0.1, -0.05) is 0 Å². The molecule has 0 bridgehead atoms. The molecule has 22 heavy (non-hydrogen) atoms. The second-order valence-electron chi connectivity index (χ2n) is 5.36. The molecule has 0 saturated carbocycles. The van der Waals surface area contributed by atoms with E-state index in [9.17, 15) is 4.79 Å². The molecule has 3 heterocycles. The van der Waals surface area contributed by atoms with Gasteiger partial charge in [0.25, 0.3) is 0 Å². The SMILES string of the molecule is Cc1nc(CN2CCN(C(=O)NCc3ccco3)CC2)cs1. The highest BCUT2D eigenvalue weighted by Gasteiger charge is 2.21. The van der Waals surface area contributed by atoms with Gasteiger partial charge in [-0.3, -0.25) is 4.90 Å². The molecule has 1 aliphatic heterocycles. The summed E-state index contributed by atoms with van der Waals surface area (Å²) in [5, 5.41) is 6.10. The number of piperazine rings is 1. The van der Waals surface area contributed by atoms with Crippen molar-refractivity contribution in [1.82, 2.24) is 20.1 Å². The molecule has 0 spiro atoms. The van der Waals surface area contributed by atoms with Crippen LogP contribution in [-0.2, 0) is 13.1 Å². The highest BCUT2D eigenvalue weighted by atomic mass is 32.1. The molecule has 0 unspecified atom stereocenters. The van der Waals surface area contributed by atoms with Crippen molar-refractivity contribution in [3.05, 3.63) is 40.2 Å². The van der Waals surface area contributed by atoms with Crippen molar-refractivity contribution in [2.24, 2.45) is 0 Å². The number of nitrogens with one attached hydrogen (secondary N) is 1. The number of nitrogens with zero attached hydrogens (tertiary/aromatic N) is 3. The van der Waals surface area contributed by atoms with E-state index in [1.807, 2.05) is 24.0 Å². The van der Waals surface area contributed by atoms with Crippen LogP contribution in [0.1, 0.15) is 16.5 Å². The molecule has 0 atom stereocenters. The van der Waals surface area contributed by atoms with E-state index < -0.39 is 0 Å². The molecule has 0 aromatic carbocycles. The van der Waals surface area contributed by atoms with Crippen molar-refractivity contribution in [1.29, 1.82) is 0 Å². The van der Waals surface area contributed by atoms with Crippen LogP contribution in [0.15, 0.2) is 28.2 Å². The number of amides is 2. The fourth-order valence-electron chi connectivity index (χ4n) is 2.51. The molecular formula is C15H20N4O2S. The molecule has 0 radical (unpaired) electrons. The zero-order chi connectivity index (χ0) is 15.4. The van der Waals surface area contributed by atoms with Gasteiger partial charge in [-0.2, -0.15) is 0 Å². The van der Waals surface area contributed by atoms with E-state index in [-0.39, 0.29) is 6.03 Å². The second kappa shape index (κ2) is 6.93. The van der Waals surface area contributed by atoms with E-state index in [1.165, 1.54) is 0 Å². The number of rotatable bonds is 4. The molecule has 118 valence electrons. The van der Waals surface area contributed by atoms with Crippen LogP contribution in [0.3, 0.4) is 0 Å². The molecule has 1 aliphatic rings. The maximum atomic E-state index is 12.1. The van der Waals surface area contributed by atoms with Gasteiger partial charge in [-0.25, -0.2) is 9.78 Å². The summed E-state index contributed by atoms with van der Waals surface area (Å²) < 4.78 is 5.21. The maximum Gasteiger partial charge on any atom is 0.317 e. The number of thiazole rings is 1. The Morgan fingerprint density at radius 3 is 2.86 bits per heavy atom. The first kappa shape index (κ1) is 15.1. The normalized spacial score (nSPS) is 16.0. The average Bonchev–Trinajstić information content (AvgIpc) is 3.17. The number of urea groups is 1. The Morgan fingerprint density at radius 2 is 2.23 bits per heavy atom. The molecule has 2 aromatic rings. The number of carbonyl (C=O) groups excluding carboxylic acids is 1. The molecular weight excluding hydrogens is 300 g/mol. The Kier molecular flexibility index (Phi) is 4.74.